The number of ether oxygens (including phenoxy) is 1. The number of hydrogen-bond donors (Lipinski definition) is 1. The summed E-state index contributed by atoms with van der Waals surface area (Å²) in [6.45, 7) is 12.7. The molecule has 0 fully saturated rings. The molecule has 0 atom stereocenters. The van der Waals surface area contributed by atoms with Gasteiger partial charge in [-0.05, 0) is 43.4 Å². The molecule has 110 valence electrons. The number of allylic oxidation sites excluding steroid dienone is 1. The Balaban J connectivity index is 3.58. The largest absolute Gasteiger partial charge is 0.493 e. The normalized spacial score (nSPS) is 12.4. The lowest BCUT2D eigenvalue weighted by Gasteiger charge is -2.25. The highest BCUT2D eigenvalue weighted by Crippen LogP contribution is 2.38. The first kappa shape index (κ1) is 16.3. The summed E-state index contributed by atoms with van der Waals surface area (Å²) in [5.41, 5.74) is 3.71. The first-order chi connectivity index (χ1) is 9.16. The second-order valence-corrected chi connectivity index (χ2v) is 6.04. The van der Waals surface area contributed by atoms with Crippen molar-refractivity contribution in [3.8, 4) is 5.75 Å². The van der Waals surface area contributed by atoms with E-state index in [9.17, 15) is 4.79 Å². The van der Waals surface area contributed by atoms with Crippen molar-refractivity contribution in [2.45, 2.75) is 47.0 Å². The minimum atomic E-state index is -0.941. The summed E-state index contributed by atoms with van der Waals surface area (Å²) in [4.78, 5) is 10.9. The highest BCUT2D eigenvalue weighted by molar-refractivity contribution is 5.90. The van der Waals surface area contributed by atoms with Crippen LogP contribution in [0.1, 0.15) is 51.3 Å². The van der Waals surface area contributed by atoms with Crippen LogP contribution in [0.4, 0.5) is 0 Å². The van der Waals surface area contributed by atoms with E-state index in [1.165, 1.54) is 6.08 Å². The number of aliphatic carboxylic acids is 1. The van der Waals surface area contributed by atoms with Crippen LogP contribution in [0.3, 0.4) is 0 Å². The summed E-state index contributed by atoms with van der Waals surface area (Å²) in [6, 6.07) is 4.09. The summed E-state index contributed by atoms with van der Waals surface area (Å²) in [5, 5.41) is 8.95. The molecule has 0 saturated carbocycles. The molecule has 3 heteroatoms. The Kier molecular flexibility index (Phi) is 4.98. The zero-order valence-electron chi connectivity index (χ0n) is 13.2. The van der Waals surface area contributed by atoms with Gasteiger partial charge in [-0.1, -0.05) is 26.8 Å². The number of carboxylic acid groups (broad SMARTS) is 1. The number of hydrogen-bond acceptors (Lipinski definition) is 2. The molecular weight excluding hydrogens is 252 g/mol. The van der Waals surface area contributed by atoms with Gasteiger partial charge in [0.05, 0.1) is 6.61 Å². The number of rotatable bonds is 4. The molecule has 0 aliphatic heterocycles. The van der Waals surface area contributed by atoms with Crippen LogP contribution in [0, 0.1) is 6.92 Å². The fourth-order valence-corrected chi connectivity index (χ4v) is 2.19. The Morgan fingerprint density at radius 1 is 1.35 bits per heavy atom. The van der Waals surface area contributed by atoms with Crippen LogP contribution in [0.25, 0.3) is 5.57 Å². The van der Waals surface area contributed by atoms with E-state index in [0.717, 1.165) is 22.4 Å². The third kappa shape index (κ3) is 3.86. The van der Waals surface area contributed by atoms with Crippen molar-refractivity contribution in [1.82, 2.24) is 0 Å². The maximum atomic E-state index is 10.9. The van der Waals surface area contributed by atoms with Crippen LogP contribution in [0.2, 0.25) is 0 Å². The summed E-state index contributed by atoms with van der Waals surface area (Å²) in [6.07, 6.45) is 1.23. The van der Waals surface area contributed by atoms with Gasteiger partial charge in [-0.25, -0.2) is 4.79 Å². The molecule has 1 rings (SSSR count). The minimum absolute atomic E-state index is 0.0607. The van der Waals surface area contributed by atoms with Crippen molar-refractivity contribution < 1.29 is 14.6 Å². The van der Waals surface area contributed by atoms with Crippen molar-refractivity contribution in [3.63, 3.8) is 0 Å². The van der Waals surface area contributed by atoms with Gasteiger partial charge in [-0.3, -0.25) is 0 Å². The molecule has 1 aromatic rings. The average Bonchev–Trinajstić information content (AvgIpc) is 2.28. The summed E-state index contributed by atoms with van der Waals surface area (Å²) in [5.74, 6) is -0.149. The second-order valence-electron chi connectivity index (χ2n) is 6.04. The summed E-state index contributed by atoms with van der Waals surface area (Å²) >= 11 is 0. The van der Waals surface area contributed by atoms with E-state index in [2.05, 4.69) is 26.8 Å². The molecular formula is C17H24O3. The highest BCUT2D eigenvalue weighted by Gasteiger charge is 2.22. The van der Waals surface area contributed by atoms with Crippen LogP contribution in [0.5, 0.6) is 5.75 Å². The predicted molar refractivity (Wildman–Crippen MR) is 82.3 cm³/mol. The molecule has 1 aromatic carbocycles. The molecule has 0 heterocycles. The lowest BCUT2D eigenvalue weighted by Crippen LogP contribution is -2.15. The highest BCUT2D eigenvalue weighted by atomic mass is 16.5. The zero-order valence-corrected chi connectivity index (χ0v) is 13.2. The van der Waals surface area contributed by atoms with Gasteiger partial charge in [0.15, 0.2) is 0 Å². The third-order valence-electron chi connectivity index (χ3n) is 3.09. The number of carbonyl (C=O) groups is 1. The standard InChI is InChI=1S/C17H24O3/c1-7-20-16-13(12(3)10-15(18)19)8-11(2)9-14(16)17(4,5)6/h8-10H,7H2,1-6H3,(H,18,19)/b12-10+. The maximum absolute atomic E-state index is 10.9. The smallest absolute Gasteiger partial charge is 0.328 e. The molecule has 0 radical (unpaired) electrons. The van der Waals surface area contributed by atoms with Gasteiger partial charge in [0.25, 0.3) is 0 Å². The minimum Gasteiger partial charge on any atom is -0.493 e. The van der Waals surface area contributed by atoms with Crippen LogP contribution in [0.15, 0.2) is 18.2 Å². The Bertz CT molecular complexity index is 534. The van der Waals surface area contributed by atoms with Gasteiger partial charge in [-0.15, -0.1) is 0 Å². The van der Waals surface area contributed by atoms with Gasteiger partial charge in [-0.2, -0.15) is 0 Å². The third-order valence-corrected chi connectivity index (χ3v) is 3.09. The quantitative estimate of drug-likeness (QED) is 0.839. The van der Waals surface area contributed by atoms with Gasteiger partial charge in [0.1, 0.15) is 5.75 Å². The monoisotopic (exact) mass is 276 g/mol. The van der Waals surface area contributed by atoms with Crippen molar-refractivity contribution in [2.75, 3.05) is 6.61 Å². The van der Waals surface area contributed by atoms with Gasteiger partial charge < -0.3 is 9.84 Å². The molecule has 0 aromatic heterocycles. The van der Waals surface area contributed by atoms with E-state index in [-0.39, 0.29) is 5.41 Å². The number of benzene rings is 1. The SMILES string of the molecule is CCOc1c(/C(C)=C/C(=O)O)cc(C)cc1C(C)(C)C. The maximum Gasteiger partial charge on any atom is 0.328 e. The fraction of sp³-hybridized carbons (Fsp3) is 0.471. The van der Waals surface area contributed by atoms with E-state index in [0.29, 0.717) is 12.2 Å². The first-order valence-electron chi connectivity index (χ1n) is 6.86. The summed E-state index contributed by atoms with van der Waals surface area (Å²) in [7, 11) is 0. The van der Waals surface area contributed by atoms with E-state index in [1.807, 2.05) is 19.9 Å². The van der Waals surface area contributed by atoms with Crippen molar-refractivity contribution in [1.29, 1.82) is 0 Å². The van der Waals surface area contributed by atoms with Crippen molar-refractivity contribution in [2.24, 2.45) is 0 Å². The molecule has 20 heavy (non-hydrogen) atoms. The molecule has 0 aliphatic rings. The topological polar surface area (TPSA) is 46.5 Å². The molecule has 3 nitrogen and oxygen atoms in total. The van der Waals surface area contributed by atoms with Gasteiger partial charge >= 0.3 is 5.97 Å². The van der Waals surface area contributed by atoms with Crippen molar-refractivity contribution >= 4 is 11.5 Å². The number of aryl methyl sites for hydroxylation is 1. The van der Waals surface area contributed by atoms with Gasteiger partial charge in [0, 0.05) is 17.2 Å². The van der Waals surface area contributed by atoms with Gasteiger partial charge in [0.2, 0.25) is 0 Å². The van der Waals surface area contributed by atoms with Crippen LogP contribution in [-0.4, -0.2) is 17.7 Å². The molecule has 0 saturated heterocycles. The second kappa shape index (κ2) is 6.12. The van der Waals surface area contributed by atoms with E-state index < -0.39 is 5.97 Å². The Hall–Kier alpha value is -1.77. The zero-order chi connectivity index (χ0) is 15.5. The summed E-state index contributed by atoms with van der Waals surface area (Å²) < 4.78 is 5.82. The van der Waals surface area contributed by atoms with Crippen LogP contribution >= 0.6 is 0 Å². The Labute approximate surface area is 121 Å². The Morgan fingerprint density at radius 3 is 2.40 bits per heavy atom. The predicted octanol–water partition coefficient (Wildman–Crippen LogP) is 4.18. The molecule has 0 amide bonds. The lowest BCUT2D eigenvalue weighted by atomic mass is 9.83. The molecule has 0 spiro atoms. The fourth-order valence-electron chi connectivity index (χ4n) is 2.19. The van der Waals surface area contributed by atoms with E-state index in [4.69, 9.17) is 9.84 Å². The van der Waals surface area contributed by atoms with Crippen LogP contribution in [-0.2, 0) is 10.2 Å². The van der Waals surface area contributed by atoms with Crippen LogP contribution < -0.4 is 4.74 Å². The number of carboxylic acids is 1. The molecule has 0 bridgehead atoms. The Morgan fingerprint density at radius 2 is 1.95 bits per heavy atom. The average molecular weight is 276 g/mol. The lowest BCUT2D eigenvalue weighted by molar-refractivity contribution is -0.131. The molecule has 1 N–H and O–H groups in total. The van der Waals surface area contributed by atoms with E-state index in [1.54, 1.807) is 6.92 Å². The van der Waals surface area contributed by atoms with Crippen molar-refractivity contribution in [3.05, 3.63) is 34.9 Å². The van der Waals surface area contributed by atoms with E-state index >= 15 is 0 Å². The molecule has 0 unspecified atom stereocenters. The molecule has 0 aliphatic carbocycles. The first-order valence-corrected chi connectivity index (χ1v) is 6.86.